The lowest BCUT2D eigenvalue weighted by Crippen LogP contribution is -2.35. The smallest absolute Gasteiger partial charge is 0.243 e. The number of anilines is 1. The normalized spacial score (nSPS) is 17.4. The Labute approximate surface area is 137 Å². The molecule has 1 aliphatic rings. The fraction of sp³-hybridized carbons (Fsp3) is 0.500. The van der Waals surface area contributed by atoms with E-state index in [-0.39, 0.29) is 23.2 Å². The molecular weight excluding hydrogens is 326 g/mol. The summed E-state index contributed by atoms with van der Waals surface area (Å²) in [5.41, 5.74) is 5.93. The molecule has 8 heteroatoms. The summed E-state index contributed by atoms with van der Waals surface area (Å²) < 4.78 is 26.6. The predicted molar refractivity (Wildman–Crippen MR) is 88.6 cm³/mol. The molecule has 1 unspecified atom stereocenters. The number of piperidine rings is 1. The minimum Gasteiger partial charge on any atom is -0.325 e. The van der Waals surface area contributed by atoms with Crippen LogP contribution in [0.2, 0.25) is 0 Å². The highest BCUT2D eigenvalue weighted by molar-refractivity contribution is 7.89. The van der Waals surface area contributed by atoms with Crippen molar-refractivity contribution in [3.05, 3.63) is 24.3 Å². The zero-order valence-electron chi connectivity index (χ0n) is 12.5. The minimum atomic E-state index is -3.49. The van der Waals surface area contributed by atoms with Crippen molar-refractivity contribution in [2.75, 3.05) is 18.4 Å². The average Bonchev–Trinajstić information content (AvgIpc) is 2.48. The van der Waals surface area contributed by atoms with Crippen LogP contribution in [0.25, 0.3) is 0 Å². The van der Waals surface area contributed by atoms with Crippen molar-refractivity contribution in [3.8, 4) is 0 Å². The maximum Gasteiger partial charge on any atom is 0.243 e. The highest BCUT2D eigenvalue weighted by Gasteiger charge is 2.26. The van der Waals surface area contributed by atoms with Gasteiger partial charge in [-0.1, -0.05) is 12.5 Å². The average molecular weight is 348 g/mol. The maximum atomic E-state index is 12.5. The molecule has 0 saturated carbocycles. The third-order valence-corrected chi connectivity index (χ3v) is 5.36. The number of nitrogens with zero attached hydrogens (tertiary/aromatic N) is 1. The predicted octanol–water partition coefficient (Wildman–Crippen LogP) is 1.57. The van der Waals surface area contributed by atoms with Crippen LogP contribution >= 0.6 is 12.4 Å². The largest absolute Gasteiger partial charge is 0.325 e. The summed E-state index contributed by atoms with van der Waals surface area (Å²) in [6, 6.07) is 5.64. The van der Waals surface area contributed by atoms with E-state index >= 15 is 0 Å². The zero-order chi connectivity index (χ0) is 15.5. The van der Waals surface area contributed by atoms with Crippen molar-refractivity contribution in [3.63, 3.8) is 0 Å². The van der Waals surface area contributed by atoms with Gasteiger partial charge in [0.25, 0.3) is 0 Å². The quantitative estimate of drug-likeness (QED) is 0.864. The van der Waals surface area contributed by atoms with Crippen molar-refractivity contribution >= 4 is 34.0 Å². The second-order valence-corrected chi connectivity index (χ2v) is 7.21. The number of nitrogens with one attached hydrogen (secondary N) is 1. The van der Waals surface area contributed by atoms with Gasteiger partial charge in [-0.05, 0) is 38.0 Å². The maximum absolute atomic E-state index is 12.5. The number of sulfonamides is 1. The third kappa shape index (κ3) is 4.42. The van der Waals surface area contributed by atoms with Gasteiger partial charge in [0.05, 0.1) is 10.9 Å². The molecule has 0 bridgehead atoms. The molecule has 1 fully saturated rings. The Morgan fingerprint density at radius 3 is 2.50 bits per heavy atom. The molecule has 1 saturated heterocycles. The van der Waals surface area contributed by atoms with Crippen molar-refractivity contribution in [2.24, 2.45) is 5.73 Å². The van der Waals surface area contributed by atoms with Crippen LogP contribution in [0.3, 0.4) is 0 Å². The first-order valence-corrected chi connectivity index (χ1v) is 8.52. The summed E-state index contributed by atoms with van der Waals surface area (Å²) in [7, 11) is -3.49. The van der Waals surface area contributed by atoms with E-state index in [1.165, 1.54) is 10.4 Å². The molecule has 1 aromatic rings. The van der Waals surface area contributed by atoms with E-state index in [2.05, 4.69) is 5.32 Å². The van der Waals surface area contributed by atoms with Crippen LogP contribution in [0.5, 0.6) is 0 Å². The molecule has 6 nitrogen and oxygen atoms in total. The van der Waals surface area contributed by atoms with E-state index in [9.17, 15) is 13.2 Å². The van der Waals surface area contributed by atoms with Gasteiger partial charge in [-0.2, -0.15) is 4.31 Å². The lowest BCUT2D eigenvalue weighted by molar-refractivity contribution is -0.117. The Hall–Kier alpha value is -1.15. The number of hydrogen-bond acceptors (Lipinski definition) is 4. The van der Waals surface area contributed by atoms with Crippen LogP contribution in [-0.2, 0) is 14.8 Å². The number of nitrogens with two attached hydrogens (primary N) is 1. The highest BCUT2D eigenvalue weighted by atomic mass is 35.5. The van der Waals surface area contributed by atoms with Gasteiger partial charge in [0.1, 0.15) is 0 Å². The fourth-order valence-electron chi connectivity index (χ4n) is 2.24. The van der Waals surface area contributed by atoms with E-state index in [1.54, 1.807) is 25.1 Å². The summed E-state index contributed by atoms with van der Waals surface area (Å²) >= 11 is 0. The summed E-state index contributed by atoms with van der Waals surface area (Å²) in [5, 5.41) is 2.61. The van der Waals surface area contributed by atoms with Crippen molar-refractivity contribution in [1.82, 2.24) is 4.31 Å². The monoisotopic (exact) mass is 347 g/mol. The molecule has 1 aliphatic heterocycles. The second-order valence-electron chi connectivity index (χ2n) is 5.27. The molecular formula is C14H22ClN3O3S. The number of carbonyl (C=O) groups excluding carboxylic acids is 1. The second kappa shape index (κ2) is 7.92. The Morgan fingerprint density at radius 1 is 1.27 bits per heavy atom. The first-order valence-electron chi connectivity index (χ1n) is 7.08. The van der Waals surface area contributed by atoms with Gasteiger partial charge >= 0.3 is 0 Å². The van der Waals surface area contributed by atoms with Crippen LogP contribution in [0, 0.1) is 0 Å². The SMILES string of the molecule is CC(N)C(=O)Nc1cccc(S(=O)(=O)N2CCCCC2)c1.Cl. The minimum absolute atomic E-state index is 0. The lowest BCUT2D eigenvalue weighted by Gasteiger charge is -2.26. The molecule has 0 aliphatic carbocycles. The molecule has 1 heterocycles. The standard InChI is InChI=1S/C14H21N3O3S.ClH/c1-11(15)14(18)16-12-6-5-7-13(10-12)21(19,20)17-8-3-2-4-9-17;/h5-7,10-11H,2-4,8-9,15H2,1H3,(H,16,18);1H. The molecule has 124 valence electrons. The molecule has 0 aromatic heterocycles. The number of benzene rings is 1. The van der Waals surface area contributed by atoms with Crippen molar-refractivity contribution < 1.29 is 13.2 Å². The molecule has 3 N–H and O–H groups in total. The van der Waals surface area contributed by atoms with Crippen molar-refractivity contribution in [2.45, 2.75) is 37.1 Å². The first kappa shape index (κ1) is 18.9. The Balaban J connectivity index is 0.00000242. The van der Waals surface area contributed by atoms with Gasteiger partial charge in [0, 0.05) is 18.8 Å². The number of amides is 1. The molecule has 1 amide bonds. The molecule has 2 rings (SSSR count). The molecule has 22 heavy (non-hydrogen) atoms. The van der Waals surface area contributed by atoms with E-state index in [4.69, 9.17) is 5.73 Å². The van der Waals surface area contributed by atoms with Gasteiger partial charge in [-0.15, -0.1) is 12.4 Å². The van der Waals surface area contributed by atoms with Crippen LogP contribution in [-0.4, -0.2) is 37.8 Å². The summed E-state index contributed by atoms with van der Waals surface area (Å²) in [4.78, 5) is 11.8. The lowest BCUT2D eigenvalue weighted by atomic mass is 10.2. The Bertz CT molecular complexity index is 614. The van der Waals surface area contributed by atoms with Crippen LogP contribution in [0.1, 0.15) is 26.2 Å². The molecule has 1 aromatic carbocycles. The Morgan fingerprint density at radius 2 is 1.91 bits per heavy atom. The molecule has 0 spiro atoms. The van der Waals surface area contributed by atoms with Crippen LogP contribution in [0.4, 0.5) is 5.69 Å². The van der Waals surface area contributed by atoms with E-state index in [1.807, 2.05) is 0 Å². The molecule has 0 radical (unpaired) electrons. The van der Waals surface area contributed by atoms with Crippen LogP contribution < -0.4 is 11.1 Å². The summed E-state index contributed by atoms with van der Waals surface area (Å²) in [6.45, 7) is 2.68. The number of halogens is 1. The van der Waals surface area contributed by atoms with E-state index in [0.29, 0.717) is 18.8 Å². The van der Waals surface area contributed by atoms with Gasteiger partial charge < -0.3 is 11.1 Å². The number of hydrogen-bond donors (Lipinski definition) is 2. The Kier molecular flexibility index (Phi) is 6.80. The number of carbonyl (C=O) groups is 1. The fourth-order valence-corrected chi connectivity index (χ4v) is 3.81. The van der Waals surface area contributed by atoms with Gasteiger partial charge in [-0.3, -0.25) is 4.79 Å². The third-order valence-electron chi connectivity index (χ3n) is 3.47. The van der Waals surface area contributed by atoms with E-state index < -0.39 is 16.1 Å². The first-order chi connectivity index (χ1) is 9.91. The highest BCUT2D eigenvalue weighted by Crippen LogP contribution is 2.22. The van der Waals surface area contributed by atoms with Gasteiger partial charge in [0.15, 0.2) is 0 Å². The van der Waals surface area contributed by atoms with Crippen LogP contribution in [0.15, 0.2) is 29.2 Å². The summed E-state index contributed by atoms with van der Waals surface area (Å²) in [6.07, 6.45) is 2.84. The zero-order valence-corrected chi connectivity index (χ0v) is 14.1. The summed E-state index contributed by atoms with van der Waals surface area (Å²) in [5.74, 6) is -0.345. The topological polar surface area (TPSA) is 92.5 Å². The van der Waals surface area contributed by atoms with Gasteiger partial charge in [-0.25, -0.2) is 8.42 Å². The number of rotatable bonds is 4. The van der Waals surface area contributed by atoms with E-state index in [0.717, 1.165) is 19.3 Å². The molecule has 1 atom stereocenters. The van der Waals surface area contributed by atoms with Crippen molar-refractivity contribution in [1.29, 1.82) is 0 Å². The van der Waals surface area contributed by atoms with Gasteiger partial charge in [0.2, 0.25) is 15.9 Å².